The van der Waals surface area contributed by atoms with Crippen LogP contribution in [0.25, 0.3) is 0 Å². The van der Waals surface area contributed by atoms with Gasteiger partial charge in [0.05, 0.1) is 37.0 Å². The van der Waals surface area contributed by atoms with Gasteiger partial charge in [0.1, 0.15) is 6.10 Å². The van der Waals surface area contributed by atoms with E-state index in [0.29, 0.717) is 17.9 Å². The molecule has 1 unspecified atom stereocenters. The smallest absolute Gasteiger partial charge is 0.340 e. The summed E-state index contributed by atoms with van der Waals surface area (Å²) in [4.78, 5) is 12.1. The molecule has 2 N–H and O–H groups in total. The number of hydrogen-bond acceptors (Lipinski definition) is 7. The van der Waals surface area contributed by atoms with Gasteiger partial charge in [0, 0.05) is 12.1 Å². The van der Waals surface area contributed by atoms with Crippen molar-refractivity contribution >= 4 is 21.5 Å². The largest absolute Gasteiger partial charge is 0.493 e. The Morgan fingerprint density at radius 1 is 1.24 bits per heavy atom. The van der Waals surface area contributed by atoms with E-state index in [1.165, 1.54) is 26.4 Å². The van der Waals surface area contributed by atoms with Gasteiger partial charge in [-0.05, 0) is 6.42 Å². The number of sulfone groups is 1. The van der Waals surface area contributed by atoms with Crippen LogP contribution in [0.5, 0.6) is 11.5 Å². The Labute approximate surface area is 122 Å². The lowest BCUT2D eigenvalue weighted by molar-refractivity contribution is 0.0357. The zero-order chi connectivity index (χ0) is 15.6. The predicted molar refractivity (Wildman–Crippen MR) is 76.4 cm³/mol. The maximum atomic E-state index is 12.1. The van der Waals surface area contributed by atoms with Crippen LogP contribution >= 0.6 is 0 Å². The van der Waals surface area contributed by atoms with Gasteiger partial charge in [-0.3, -0.25) is 0 Å². The second-order valence-corrected chi connectivity index (χ2v) is 6.95. The van der Waals surface area contributed by atoms with Crippen molar-refractivity contribution in [1.29, 1.82) is 0 Å². The predicted octanol–water partition coefficient (Wildman–Crippen LogP) is 0.630. The lowest BCUT2D eigenvalue weighted by atomic mass is 10.1. The second kappa shape index (κ2) is 5.80. The molecule has 0 radical (unpaired) electrons. The van der Waals surface area contributed by atoms with Gasteiger partial charge < -0.3 is 19.9 Å². The fraction of sp³-hybridized carbons (Fsp3) is 0.462. The molecule has 1 saturated heterocycles. The van der Waals surface area contributed by atoms with Crippen molar-refractivity contribution in [3.05, 3.63) is 17.7 Å². The number of benzene rings is 1. The molecule has 0 aliphatic carbocycles. The summed E-state index contributed by atoms with van der Waals surface area (Å²) in [6.07, 6.45) is -0.323. The van der Waals surface area contributed by atoms with E-state index < -0.39 is 21.9 Å². The van der Waals surface area contributed by atoms with Crippen molar-refractivity contribution in [1.82, 2.24) is 0 Å². The number of carbonyl (C=O) groups excluding carboxylic acids is 1. The third kappa shape index (κ3) is 3.38. The molecule has 8 heteroatoms. The molecule has 1 aliphatic rings. The van der Waals surface area contributed by atoms with Crippen LogP contribution in [-0.2, 0) is 14.6 Å². The van der Waals surface area contributed by atoms with Gasteiger partial charge in [-0.15, -0.1) is 0 Å². The van der Waals surface area contributed by atoms with Crippen LogP contribution in [0.2, 0.25) is 0 Å². The summed E-state index contributed by atoms with van der Waals surface area (Å²) in [7, 11) is -0.216. The normalized spacial score (nSPS) is 20.0. The molecule has 7 nitrogen and oxygen atoms in total. The van der Waals surface area contributed by atoms with Gasteiger partial charge in [-0.1, -0.05) is 0 Å². The van der Waals surface area contributed by atoms with Crippen LogP contribution in [-0.4, -0.2) is 46.2 Å². The fourth-order valence-corrected chi connectivity index (χ4v) is 3.73. The molecule has 0 saturated carbocycles. The molecular weight excluding hydrogens is 298 g/mol. The molecule has 0 bridgehead atoms. The van der Waals surface area contributed by atoms with Crippen LogP contribution < -0.4 is 15.2 Å². The number of hydrogen-bond donors (Lipinski definition) is 1. The maximum Gasteiger partial charge on any atom is 0.340 e. The van der Waals surface area contributed by atoms with Crippen molar-refractivity contribution < 1.29 is 27.4 Å². The third-order valence-corrected chi connectivity index (χ3v) is 4.98. The highest BCUT2D eigenvalue weighted by Gasteiger charge is 2.31. The zero-order valence-electron chi connectivity index (χ0n) is 11.8. The number of nitrogen functional groups attached to an aromatic ring is 1. The molecule has 21 heavy (non-hydrogen) atoms. The summed E-state index contributed by atoms with van der Waals surface area (Å²) in [6.45, 7) is 0. The molecule has 1 aromatic rings. The average Bonchev–Trinajstić information content (AvgIpc) is 2.77. The third-order valence-electron chi connectivity index (χ3n) is 3.24. The minimum absolute atomic E-state index is 0.0341. The van der Waals surface area contributed by atoms with Gasteiger partial charge in [0.15, 0.2) is 21.3 Å². The van der Waals surface area contributed by atoms with Gasteiger partial charge in [0.25, 0.3) is 0 Å². The van der Waals surface area contributed by atoms with E-state index in [-0.39, 0.29) is 22.8 Å². The summed E-state index contributed by atoms with van der Waals surface area (Å²) in [5, 5.41) is 0. The Hall–Kier alpha value is -1.96. The molecule has 0 spiro atoms. The number of carbonyl (C=O) groups is 1. The van der Waals surface area contributed by atoms with E-state index in [4.69, 9.17) is 19.9 Å². The topological polar surface area (TPSA) is 105 Å². The van der Waals surface area contributed by atoms with Crippen LogP contribution in [0.15, 0.2) is 12.1 Å². The molecule has 2 rings (SSSR count). The molecule has 1 heterocycles. The first-order chi connectivity index (χ1) is 9.86. The number of rotatable bonds is 4. The van der Waals surface area contributed by atoms with Crippen molar-refractivity contribution in [2.24, 2.45) is 0 Å². The summed E-state index contributed by atoms with van der Waals surface area (Å²) < 4.78 is 38.1. The van der Waals surface area contributed by atoms with Crippen LogP contribution in [0.4, 0.5) is 5.69 Å². The lowest BCUT2D eigenvalue weighted by Gasteiger charge is -2.14. The van der Waals surface area contributed by atoms with E-state index >= 15 is 0 Å². The first-order valence-corrected chi connectivity index (χ1v) is 8.11. The van der Waals surface area contributed by atoms with Crippen molar-refractivity contribution in [3.8, 4) is 11.5 Å². The quantitative estimate of drug-likeness (QED) is 0.641. The standard InChI is InChI=1S/C13H17NO6S/c1-18-11-5-9(10(14)6-12(11)19-2)13(15)20-8-3-4-21(16,17)7-8/h5-6,8H,3-4,7,14H2,1-2H3. The van der Waals surface area contributed by atoms with Crippen LogP contribution in [0.3, 0.4) is 0 Å². The molecule has 1 atom stereocenters. The number of anilines is 1. The Balaban J connectivity index is 2.19. The Kier molecular flexibility index (Phi) is 4.26. The van der Waals surface area contributed by atoms with Crippen LogP contribution in [0, 0.1) is 0 Å². The van der Waals surface area contributed by atoms with Gasteiger partial charge in [-0.25, -0.2) is 13.2 Å². The molecule has 1 aromatic carbocycles. The van der Waals surface area contributed by atoms with Gasteiger partial charge >= 0.3 is 5.97 Å². The monoisotopic (exact) mass is 315 g/mol. The molecule has 0 aromatic heterocycles. The Morgan fingerprint density at radius 2 is 1.86 bits per heavy atom. The van der Waals surface area contributed by atoms with Crippen molar-refractivity contribution in [3.63, 3.8) is 0 Å². The summed E-state index contributed by atoms with van der Waals surface area (Å²) >= 11 is 0. The second-order valence-electron chi connectivity index (χ2n) is 4.72. The van der Waals surface area contributed by atoms with E-state index in [0.717, 1.165) is 0 Å². The molecule has 1 aliphatic heterocycles. The Bertz CT molecular complexity index is 655. The first kappa shape index (κ1) is 15.4. The minimum Gasteiger partial charge on any atom is -0.493 e. The highest BCUT2D eigenvalue weighted by atomic mass is 32.2. The number of methoxy groups -OCH3 is 2. The first-order valence-electron chi connectivity index (χ1n) is 6.29. The van der Waals surface area contributed by atoms with E-state index in [2.05, 4.69) is 0 Å². The van der Waals surface area contributed by atoms with Crippen molar-refractivity contribution in [2.45, 2.75) is 12.5 Å². The highest BCUT2D eigenvalue weighted by Crippen LogP contribution is 2.32. The highest BCUT2D eigenvalue weighted by molar-refractivity contribution is 7.91. The lowest BCUT2D eigenvalue weighted by Crippen LogP contribution is -2.20. The summed E-state index contributed by atoms with van der Waals surface area (Å²) in [5.74, 6) is -0.0404. The zero-order valence-corrected chi connectivity index (χ0v) is 12.6. The fourth-order valence-electron chi connectivity index (χ4n) is 2.14. The van der Waals surface area contributed by atoms with E-state index in [1.807, 2.05) is 0 Å². The molecule has 0 amide bonds. The average molecular weight is 315 g/mol. The number of ether oxygens (including phenoxy) is 3. The SMILES string of the molecule is COc1cc(N)c(C(=O)OC2CCS(=O)(=O)C2)cc1OC. The van der Waals surface area contributed by atoms with Crippen LogP contribution in [0.1, 0.15) is 16.8 Å². The van der Waals surface area contributed by atoms with E-state index in [1.54, 1.807) is 0 Å². The molecule has 116 valence electrons. The number of nitrogens with two attached hydrogens (primary N) is 1. The Morgan fingerprint density at radius 3 is 2.38 bits per heavy atom. The summed E-state index contributed by atoms with van der Waals surface area (Å²) in [5.41, 5.74) is 6.10. The molecule has 1 fully saturated rings. The minimum atomic E-state index is -3.11. The van der Waals surface area contributed by atoms with Gasteiger partial charge in [-0.2, -0.15) is 0 Å². The maximum absolute atomic E-state index is 12.1. The van der Waals surface area contributed by atoms with E-state index in [9.17, 15) is 13.2 Å². The van der Waals surface area contributed by atoms with Crippen molar-refractivity contribution in [2.75, 3.05) is 31.5 Å². The molecular formula is C13H17NO6S. The number of esters is 1. The van der Waals surface area contributed by atoms with Gasteiger partial charge in [0.2, 0.25) is 0 Å². The summed E-state index contributed by atoms with van der Waals surface area (Å²) in [6, 6.07) is 2.88.